The molecule has 90 valence electrons. The standard InChI is InChI=1S/C11H16N6/c1-6-3-7(4-6)15-10-8-9(14-5-13-8)16-11(12-2)17-10/h5-7H,3-4H2,1-2H3,(H3,12,13,14,15,16,17). The summed E-state index contributed by atoms with van der Waals surface area (Å²) in [5.41, 5.74) is 1.57. The monoisotopic (exact) mass is 232 g/mol. The first-order valence-electron chi connectivity index (χ1n) is 5.91. The third-order valence-electron chi connectivity index (χ3n) is 3.22. The zero-order valence-corrected chi connectivity index (χ0v) is 9.99. The SMILES string of the molecule is CNc1nc(NC2CC(C)C2)c2[nH]cnc2n1. The summed E-state index contributed by atoms with van der Waals surface area (Å²) in [6.45, 7) is 2.27. The molecule has 0 unspecified atom stereocenters. The molecule has 1 saturated carbocycles. The van der Waals surface area contributed by atoms with Crippen LogP contribution in [0.3, 0.4) is 0 Å². The molecule has 0 amide bonds. The summed E-state index contributed by atoms with van der Waals surface area (Å²) < 4.78 is 0. The van der Waals surface area contributed by atoms with Gasteiger partial charge in [-0.25, -0.2) is 4.98 Å². The van der Waals surface area contributed by atoms with Gasteiger partial charge in [0.15, 0.2) is 11.5 Å². The largest absolute Gasteiger partial charge is 0.365 e. The van der Waals surface area contributed by atoms with Crippen molar-refractivity contribution in [3.05, 3.63) is 6.33 Å². The molecule has 6 nitrogen and oxygen atoms in total. The van der Waals surface area contributed by atoms with Crippen molar-refractivity contribution in [1.82, 2.24) is 19.9 Å². The van der Waals surface area contributed by atoms with E-state index in [1.165, 1.54) is 12.8 Å². The number of fused-ring (bicyclic) bond motifs is 1. The van der Waals surface area contributed by atoms with E-state index in [2.05, 4.69) is 37.5 Å². The molecular weight excluding hydrogens is 216 g/mol. The Balaban J connectivity index is 1.93. The summed E-state index contributed by atoms with van der Waals surface area (Å²) in [7, 11) is 1.81. The number of hydrogen-bond donors (Lipinski definition) is 3. The quantitative estimate of drug-likeness (QED) is 0.749. The lowest BCUT2D eigenvalue weighted by Crippen LogP contribution is -2.34. The summed E-state index contributed by atoms with van der Waals surface area (Å²) in [4.78, 5) is 16.0. The lowest BCUT2D eigenvalue weighted by Gasteiger charge is -2.33. The summed E-state index contributed by atoms with van der Waals surface area (Å²) in [6, 6.07) is 0.524. The van der Waals surface area contributed by atoms with E-state index in [1.807, 2.05) is 7.05 Å². The lowest BCUT2D eigenvalue weighted by molar-refractivity contribution is 0.309. The van der Waals surface area contributed by atoms with Crippen LogP contribution in [0.1, 0.15) is 19.8 Å². The number of H-pyrrole nitrogens is 1. The molecule has 6 heteroatoms. The molecule has 1 aliphatic carbocycles. The molecule has 3 rings (SSSR count). The Bertz CT molecular complexity index is 528. The number of aromatic nitrogens is 4. The molecule has 2 aromatic heterocycles. The highest BCUT2D eigenvalue weighted by Gasteiger charge is 2.26. The van der Waals surface area contributed by atoms with Crippen molar-refractivity contribution in [3.63, 3.8) is 0 Å². The molecular formula is C11H16N6. The van der Waals surface area contributed by atoms with E-state index < -0.39 is 0 Å². The minimum Gasteiger partial charge on any atom is -0.365 e. The Labute approximate surface area is 99.3 Å². The Morgan fingerprint density at radius 2 is 2.18 bits per heavy atom. The predicted octanol–water partition coefficient (Wildman–Crippen LogP) is 1.60. The van der Waals surface area contributed by atoms with Crippen LogP contribution in [0.15, 0.2) is 6.33 Å². The lowest BCUT2D eigenvalue weighted by atomic mass is 9.82. The average molecular weight is 232 g/mol. The zero-order chi connectivity index (χ0) is 11.8. The second kappa shape index (κ2) is 3.87. The summed E-state index contributed by atoms with van der Waals surface area (Å²) >= 11 is 0. The van der Waals surface area contributed by atoms with Crippen molar-refractivity contribution in [2.24, 2.45) is 5.92 Å². The zero-order valence-electron chi connectivity index (χ0n) is 9.99. The molecule has 1 aliphatic rings. The molecule has 1 fully saturated rings. The smallest absolute Gasteiger partial charge is 0.226 e. The van der Waals surface area contributed by atoms with Crippen LogP contribution in [0.4, 0.5) is 11.8 Å². The summed E-state index contributed by atoms with van der Waals surface area (Å²) in [5, 5.41) is 6.40. The van der Waals surface area contributed by atoms with Gasteiger partial charge in [0.25, 0.3) is 0 Å². The van der Waals surface area contributed by atoms with Gasteiger partial charge in [-0.3, -0.25) is 0 Å². The van der Waals surface area contributed by atoms with Crippen LogP contribution in [0.5, 0.6) is 0 Å². The highest BCUT2D eigenvalue weighted by atomic mass is 15.2. The molecule has 0 bridgehead atoms. The van der Waals surface area contributed by atoms with Gasteiger partial charge in [0, 0.05) is 13.1 Å². The van der Waals surface area contributed by atoms with E-state index in [9.17, 15) is 0 Å². The minimum atomic E-state index is 0.524. The number of aromatic amines is 1. The van der Waals surface area contributed by atoms with Gasteiger partial charge in [-0.2, -0.15) is 9.97 Å². The van der Waals surface area contributed by atoms with Gasteiger partial charge in [-0.1, -0.05) is 6.92 Å². The fourth-order valence-electron chi connectivity index (χ4n) is 2.26. The number of rotatable bonds is 3. The first-order valence-corrected chi connectivity index (χ1v) is 5.91. The minimum absolute atomic E-state index is 0.524. The Morgan fingerprint density at radius 3 is 2.88 bits per heavy atom. The van der Waals surface area contributed by atoms with Crippen molar-refractivity contribution in [2.45, 2.75) is 25.8 Å². The van der Waals surface area contributed by atoms with Gasteiger partial charge in [0.2, 0.25) is 5.95 Å². The number of nitrogens with zero attached hydrogens (tertiary/aromatic N) is 3. The molecule has 0 spiro atoms. The highest BCUT2D eigenvalue weighted by Crippen LogP contribution is 2.30. The van der Waals surface area contributed by atoms with Gasteiger partial charge in [0.05, 0.1) is 6.33 Å². The van der Waals surface area contributed by atoms with E-state index >= 15 is 0 Å². The van der Waals surface area contributed by atoms with Crippen LogP contribution in [0.25, 0.3) is 11.2 Å². The van der Waals surface area contributed by atoms with Gasteiger partial charge in [-0.05, 0) is 18.8 Å². The van der Waals surface area contributed by atoms with E-state index in [1.54, 1.807) is 6.33 Å². The Morgan fingerprint density at radius 1 is 1.35 bits per heavy atom. The van der Waals surface area contributed by atoms with Crippen LogP contribution in [-0.2, 0) is 0 Å². The third-order valence-corrected chi connectivity index (χ3v) is 3.22. The Kier molecular flexibility index (Phi) is 2.35. The molecule has 2 aromatic rings. The molecule has 17 heavy (non-hydrogen) atoms. The van der Waals surface area contributed by atoms with Crippen molar-refractivity contribution < 1.29 is 0 Å². The molecule has 0 aliphatic heterocycles. The topological polar surface area (TPSA) is 78.5 Å². The van der Waals surface area contributed by atoms with Crippen LogP contribution < -0.4 is 10.6 Å². The first kappa shape index (κ1) is 10.3. The molecule has 0 atom stereocenters. The van der Waals surface area contributed by atoms with Crippen molar-refractivity contribution in [3.8, 4) is 0 Å². The fourth-order valence-corrected chi connectivity index (χ4v) is 2.26. The van der Waals surface area contributed by atoms with Crippen LogP contribution >= 0.6 is 0 Å². The average Bonchev–Trinajstić information content (AvgIpc) is 2.74. The molecule has 0 radical (unpaired) electrons. The summed E-state index contributed by atoms with van der Waals surface area (Å²) in [6.07, 6.45) is 4.05. The van der Waals surface area contributed by atoms with Crippen molar-refractivity contribution >= 4 is 22.9 Å². The second-order valence-electron chi connectivity index (χ2n) is 4.66. The molecule has 0 saturated heterocycles. The van der Waals surface area contributed by atoms with E-state index in [0.29, 0.717) is 17.6 Å². The number of imidazole rings is 1. The van der Waals surface area contributed by atoms with Crippen LogP contribution in [-0.4, -0.2) is 33.0 Å². The number of anilines is 2. The highest BCUT2D eigenvalue weighted by molar-refractivity contribution is 5.83. The second-order valence-corrected chi connectivity index (χ2v) is 4.66. The predicted molar refractivity (Wildman–Crippen MR) is 67.0 cm³/mol. The summed E-state index contributed by atoms with van der Waals surface area (Å²) in [5.74, 6) is 2.25. The van der Waals surface area contributed by atoms with Gasteiger partial charge in [0.1, 0.15) is 5.52 Å². The molecule has 3 N–H and O–H groups in total. The maximum atomic E-state index is 4.43. The molecule has 2 heterocycles. The van der Waals surface area contributed by atoms with E-state index in [0.717, 1.165) is 17.3 Å². The molecule has 0 aromatic carbocycles. The van der Waals surface area contributed by atoms with Crippen LogP contribution in [0.2, 0.25) is 0 Å². The number of nitrogens with one attached hydrogen (secondary N) is 3. The van der Waals surface area contributed by atoms with Gasteiger partial charge in [-0.15, -0.1) is 0 Å². The van der Waals surface area contributed by atoms with Gasteiger partial charge >= 0.3 is 0 Å². The Hall–Kier alpha value is -1.85. The fraction of sp³-hybridized carbons (Fsp3) is 0.545. The normalized spacial score (nSPS) is 23.4. The van der Waals surface area contributed by atoms with Crippen molar-refractivity contribution in [2.75, 3.05) is 17.7 Å². The third kappa shape index (κ3) is 1.79. The number of hydrogen-bond acceptors (Lipinski definition) is 5. The van der Waals surface area contributed by atoms with E-state index in [4.69, 9.17) is 0 Å². The van der Waals surface area contributed by atoms with Crippen LogP contribution in [0, 0.1) is 5.92 Å². The van der Waals surface area contributed by atoms with E-state index in [-0.39, 0.29) is 0 Å². The maximum absolute atomic E-state index is 4.43. The maximum Gasteiger partial charge on any atom is 0.226 e. The first-order chi connectivity index (χ1) is 8.26. The van der Waals surface area contributed by atoms with Crippen molar-refractivity contribution in [1.29, 1.82) is 0 Å². The van der Waals surface area contributed by atoms with Gasteiger partial charge < -0.3 is 15.6 Å².